The quantitative estimate of drug-likeness (QED) is 0.651. The molecule has 5 nitrogen and oxygen atoms in total. The molecule has 0 spiro atoms. The van der Waals surface area contributed by atoms with E-state index in [9.17, 15) is 4.79 Å². The predicted octanol–water partition coefficient (Wildman–Crippen LogP) is 3.81. The SMILES string of the molecule is COCCCn1c(C)cnc1CC1CCN(C(=O)C(C)c2ccccc2)CC1. The van der Waals surface area contributed by atoms with E-state index in [4.69, 9.17) is 4.74 Å². The normalized spacial score (nSPS) is 16.3. The predicted molar refractivity (Wildman–Crippen MR) is 111 cm³/mol. The standard InChI is InChI=1S/C23H33N3O2/c1-18-17-24-22(26(18)12-7-15-28-3)16-20-10-13-25(14-11-20)23(27)19(2)21-8-5-4-6-9-21/h4-6,8-9,17,19-20H,7,10-16H2,1-3H3. The van der Waals surface area contributed by atoms with E-state index < -0.39 is 0 Å². The van der Waals surface area contributed by atoms with E-state index in [1.807, 2.05) is 48.4 Å². The summed E-state index contributed by atoms with van der Waals surface area (Å²) >= 11 is 0. The van der Waals surface area contributed by atoms with Crippen LogP contribution in [0.15, 0.2) is 36.5 Å². The van der Waals surface area contributed by atoms with Crippen molar-refractivity contribution >= 4 is 5.91 Å². The molecule has 1 aliphatic heterocycles. The Morgan fingerprint density at radius 2 is 1.96 bits per heavy atom. The van der Waals surface area contributed by atoms with E-state index in [2.05, 4.69) is 16.5 Å². The summed E-state index contributed by atoms with van der Waals surface area (Å²) in [5.41, 5.74) is 2.32. The zero-order valence-electron chi connectivity index (χ0n) is 17.4. The number of hydrogen-bond acceptors (Lipinski definition) is 3. The monoisotopic (exact) mass is 383 g/mol. The summed E-state index contributed by atoms with van der Waals surface area (Å²) in [7, 11) is 1.75. The fourth-order valence-electron chi connectivity index (χ4n) is 4.12. The van der Waals surface area contributed by atoms with Crippen LogP contribution < -0.4 is 0 Å². The average Bonchev–Trinajstić information content (AvgIpc) is 3.08. The van der Waals surface area contributed by atoms with Crippen LogP contribution in [0.2, 0.25) is 0 Å². The molecule has 0 bridgehead atoms. The minimum atomic E-state index is -0.0694. The van der Waals surface area contributed by atoms with Crippen LogP contribution in [-0.4, -0.2) is 47.2 Å². The molecule has 1 aromatic carbocycles. The van der Waals surface area contributed by atoms with Crippen LogP contribution in [0, 0.1) is 12.8 Å². The first kappa shape index (κ1) is 20.6. The van der Waals surface area contributed by atoms with Crippen molar-refractivity contribution in [3.05, 3.63) is 53.6 Å². The average molecular weight is 384 g/mol. The van der Waals surface area contributed by atoms with Crippen LogP contribution in [0.4, 0.5) is 0 Å². The van der Waals surface area contributed by atoms with Crippen LogP contribution in [0.5, 0.6) is 0 Å². The molecule has 1 amide bonds. The molecule has 1 unspecified atom stereocenters. The van der Waals surface area contributed by atoms with Gasteiger partial charge in [-0.05, 0) is 44.6 Å². The maximum absolute atomic E-state index is 12.9. The van der Waals surface area contributed by atoms with Gasteiger partial charge in [0.15, 0.2) is 0 Å². The number of nitrogens with zero attached hydrogens (tertiary/aromatic N) is 3. The fraction of sp³-hybridized carbons (Fsp3) is 0.565. The van der Waals surface area contributed by atoms with E-state index in [0.717, 1.165) is 57.5 Å². The second kappa shape index (κ2) is 9.87. The number of ether oxygens (including phenoxy) is 1. The van der Waals surface area contributed by atoms with E-state index >= 15 is 0 Å². The summed E-state index contributed by atoms with van der Waals surface area (Å²) in [6.07, 6.45) is 6.08. The summed E-state index contributed by atoms with van der Waals surface area (Å²) in [4.78, 5) is 19.6. The van der Waals surface area contributed by atoms with Crippen molar-refractivity contribution in [3.8, 4) is 0 Å². The molecule has 1 aliphatic rings. The van der Waals surface area contributed by atoms with Crippen molar-refractivity contribution < 1.29 is 9.53 Å². The number of amides is 1. The zero-order chi connectivity index (χ0) is 19.9. The van der Waals surface area contributed by atoms with Crippen LogP contribution >= 0.6 is 0 Å². The summed E-state index contributed by atoms with van der Waals surface area (Å²) in [6.45, 7) is 7.57. The number of aryl methyl sites for hydroxylation is 1. The lowest BCUT2D eigenvalue weighted by Crippen LogP contribution is -2.41. The number of aromatic nitrogens is 2. The van der Waals surface area contributed by atoms with Crippen LogP contribution in [-0.2, 0) is 22.5 Å². The number of imidazole rings is 1. The Labute approximate surface area is 168 Å². The molecule has 0 radical (unpaired) electrons. The Balaban J connectivity index is 1.53. The minimum absolute atomic E-state index is 0.0694. The van der Waals surface area contributed by atoms with Gasteiger partial charge in [-0.2, -0.15) is 0 Å². The molecule has 1 saturated heterocycles. The number of rotatable bonds is 8. The highest BCUT2D eigenvalue weighted by atomic mass is 16.5. The molecule has 1 fully saturated rings. The molecule has 2 heterocycles. The Morgan fingerprint density at radius 3 is 2.64 bits per heavy atom. The highest BCUT2D eigenvalue weighted by Gasteiger charge is 2.27. The highest BCUT2D eigenvalue weighted by molar-refractivity contribution is 5.83. The Morgan fingerprint density at radius 1 is 1.25 bits per heavy atom. The third-order valence-electron chi connectivity index (χ3n) is 5.94. The molecule has 2 aromatic rings. The number of carbonyl (C=O) groups is 1. The number of methoxy groups -OCH3 is 1. The first-order valence-electron chi connectivity index (χ1n) is 10.4. The zero-order valence-corrected chi connectivity index (χ0v) is 17.4. The summed E-state index contributed by atoms with van der Waals surface area (Å²) < 4.78 is 7.51. The largest absolute Gasteiger partial charge is 0.385 e. The first-order valence-corrected chi connectivity index (χ1v) is 10.4. The second-order valence-electron chi connectivity index (χ2n) is 7.92. The molecule has 5 heteroatoms. The Bertz CT molecular complexity index is 748. The van der Waals surface area contributed by atoms with Crippen molar-refractivity contribution in [2.75, 3.05) is 26.8 Å². The topological polar surface area (TPSA) is 47.4 Å². The van der Waals surface area contributed by atoms with Gasteiger partial charge < -0.3 is 14.2 Å². The molecule has 0 N–H and O–H groups in total. The van der Waals surface area contributed by atoms with Gasteiger partial charge in [-0.15, -0.1) is 0 Å². The molecule has 3 rings (SSSR count). The number of likely N-dealkylation sites (tertiary alicyclic amines) is 1. The van der Waals surface area contributed by atoms with Crippen molar-refractivity contribution in [1.82, 2.24) is 14.5 Å². The molecular weight excluding hydrogens is 350 g/mol. The van der Waals surface area contributed by atoms with Gasteiger partial charge in [0.1, 0.15) is 5.82 Å². The molecule has 0 aliphatic carbocycles. The highest BCUT2D eigenvalue weighted by Crippen LogP contribution is 2.25. The third kappa shape index (κ3) is 5.02. The maximum Gasteiger partial charge on any atom is 0.229 e. The maximum atomic E-state index is 12.9. The van der Waals surface area contributed by atoms with Crippen molar-refractivity contribution in [1.29, 1.82) is 0 Å². The summed E-state index contributed by atoms with van der Waals surface area (Å²) in [5.74, 6) is 1.96. The first-order chi connectivity index (χ1) is 13.6. The number of benzene rings is 1. The van der Waals surface area contributed by atoms with Crippen molar-refractivity contribution in [3.63, 3.8) is 0 Å². The Kier molecular flexibility index (Phi) is 7.26. The number of carbonyl (C=O) groups excluding carboxylic acids is 1. The van der Waals surface area contributed by atoms with Gasteiger partial charge in [0.25, 0.3) is 0 Å². The number of piperidine rings is 1. The lowest BCUT2D eigenvalue weighted by atomic mass is 9.91. The van der Waals surface area contributed by atoms with E-state index in [-0.39, 0.29) is 11.8 Å². The van der Waals surface area contributed by atoms with Gasteiger partial charge in [0.05, 0.1) is 5.92 Å². The van der Waals surface area contributed by atoms with Gasteiger partial charge >= 0.3 is 0 Å². The molecule has 0 saturated carbocycles. The lowest BCUT2D eigenvalue weighted by Gasteiger charge is -2.33. The van der Waals surface area contributed by atoms with Crippen molar-refractivity contribution in [2.45, 2.75) is 52.0 Å². The molecule has 1 aromatic heterocycles. The van der Waals surface area contributed by atoms with Crippen LogP contribution in [0.25, 0.3) is 0 Å². The van der Waals surface area contributed by atoms with Crippen LogP contribution in [0.3, 0.4) is 0 Å². The van der Waals surface area contributed by atoms with Gasteiger partial charge in [0.2, 0.25) is 5.91 Å². The molecule has 152 valence electrons. The number of hydrogen-bond donors (Lipinski definition) is 0. The molecule has 1 atom stereocenters. The van der Waals surface area contributed by atoms with E-state index in [0.29, 0.717) is 5.92 Å². The second-order valence-corrected chi connectivity index (χ2v) is 7.92. The van der Waals surface area contributed by atoms with Gasteiger partial charge in [0, 0.05) is 51.7 Å². The van der Waals surface area contributed by atoms with Gasteiger partial charge in [-0.3, -0.25) is 4.79 Å². The molecular formula is C23H33N3O2. The van der Waals surface area contributed by atoms with E-state index in [1.165, 1.54) is 11.5 Å². The van der Waals surface area contributed by atoms with Gasteiger partial charge in [-0.25, -0.2) is 4.98 Å². The smallest absolute Gasteiger partial charge is 0.229 e. The summed E-state index contributed by atoms with van der Waals surface area (Å²) in [6, 6.07) is 10.1. The van der Waals surface area contributed by atoms with Gasteiger partial charge in [-0.1, -0.05) is 30.3 Å². The lowest BCUT2D eigenvalue weighted by molar-refractivity contribution is -0.133. The summed E-state index contributed by atoms with van der Waals surface area (Å²) in [5, 5.41) is 0. The molecule has 28 heavy (non-hydrogen) atoms. The van der Waals surface area contributed by atoms with E-state index in [1.54, 1.807) is 7.11 Å². The minimum Gasteiger partial charge on any atom is -0.385 e. The van der Waals surface area contributed by atoms with Crippen LogP contribution in [0.1, 0.15) is 49.2 Å². The van der Waals surface area contributed by atoms with Crippen molar-refractivity contribution in [2.24, 2.45) is 5.92 Å². The third-order valence-corrected chi connectivity index (χ3v) is 5.94. The fourth-order valence-corrected chi connectivity index (χ4v) is 4.12. The Hall–Kier alpha value is -2.14.